The van der Waals surface area contributed by atoms with Crippen molar-refractivity contribution in [1.82, 2.24) is 19.7 Å². The lowest BCUT2D eigenvalue weighted by Crippen LogP contribution is -2.27. The average molecular weight is 370 g/mol. The zero-order valence-corrected chi connectivity index (χ0v) is 16.0. The number of benzene rings is 1. The predicted molar refractivity (Wildman–Crippen MR) is 102 cm³/mol. The second-order valence-corrected chi connectivity index (χ2v) is 6.98. The standard InChI is InChI=1S/C19H22N4O2S/c1-4-23-18(15-8-5-7-14(2)11-15)20-21-19(23)26-13-17(24)22(3)12-16-9-6-10-25-16/h5-11H,4,12-13H2,1-3H3. The summed E-state index contributed by atoms with van der Waals surface area (Å²) in [6, 6.07) is 11.9. The van der Waals surface area contributed by atoms with Crippen LogP contribution < -0.4 is 0 Å². The van der Waals surface area contributed by atoms with Gasteiger partial charge in [-0.1, -0.05) is 35.5 Å². The highest BCUT2D eigenvalue weighted by Gasteiger charge is 2.16. The van der Waals surface area contributed by atoms with Crippen molar-refractivity contribution in [3.05, 3.63) is 54.0 Å². The van der Waals surface area contributed by atoms with Gasteiger partial charge in [-0.05, 0) is 32.0 Å². The van der Waals surface area contributed by atoms with Crippen LogP contribution in [0.4, 0.5) is 0 Å². The fraction of sp³-hybridized carbons (Fsp3) is 0.316. The minimum atomic E-state index is 0.0224. The third kappa shape index (κ3) is 4.16. The van der Waals surface area contributed by atoms with E-state index in [0.717, 1.165) is 28.8 Å². The van der Waals surface area contributed by atoms with Crippen molar-refractivity contribution in [3.8, 4) is 11.4 Å². The van der Waals surface area contributed by atoms with Gasteiger partial charge in [0.25, 0.3) is 0 Å². The minimum Gasteiger partial charge on any atom is -0.467 e. The van der Waals surface area contributed by atoms with E-state index in [1.165, 1.54) is 17.3 Å². The van der Waals surface area contributed by atoms with Crippen LogP contribution in [0.1, 0.15) is 18.2 Å². The molecule has 0 aliphatic rings. The molecule has 0 spiro atoms. The number of furan rings is 1. The number of amides is 1. The average Bonchev–Trinajstić information content (AvgIpc) is 3.28. The summed E-state index contributed by atoms with van der Waals surface area (Å²) >= 11 is 1.41. The largest absolute Gasteiger partial charge is 0.467 e. The quantitative estimate of drug-likeness (QED) is 0.595. The van der Waals surface area contributed by atoms with Crippen LogP contribution >= 0.6 is 11.8 Å². The Hall–Kier alpha value is -2.54. The normalized spacial score (nSPS) is 10.9. The lowest BCUT2D eigenvalue weighted by Gasteiger charge is -2.15. The molecule has 0 saturated heterocycles. The number of aryl methyl sites for hydroxylation is 1. The molecule has 0 aliphatic heterocycles. The number of thioether (sulfide) groups is 1. The predicted octanol–water partition coefficient (Wildman–Crippen LogP) is 3.62. The summed E-state index contributed by atoms with van der Waals surface area (Å²) < 4.78 is 7.33. The Kier molecular flexibility index (Phi) is 5.78. The van der Waals surface area contributed by atoms with Crippen LogP contribution in [-0.2, 0) is 17.9 Å². The van der Waals surface area contributed by atoms with Crippen LogP contribution in [0.2, 0.25) is 0 Å². The van der Waals surface area contributed by atoms with Crippen molar-refractivity contribution in [2.24, 2.45) is 0 Å². The van der Waals surface area contributed by atoms with Crippen LogP contribution in [0.25, 0.3) is 11.4 Å². The number of rotatable bonds is 7. The highest BCUT2D eigenvalue weighted by Crippen LogP contribution is 2.24. The summed E-state index contributed by atoms with van der Waals surface area (Å²) in [5.74, 6) is 1.93. The molecule has 0 fully saturated rings. The summed E-state index contributed by atoms with van der Waals surface area (Å²) in [7, 11) is 1.77. The monoisotopic (exact) mass is 370 g/mol. The van der Waals surface area contributed by atoms with E-state index < -0.39 is 0 Å². The maximum Gasteiger partial charge on any atom is 0.233 e. The van der Waals surface area contributed by atoms with Gasteiger partial charge in [-0.25, -0.2) is 0 Å². The molecule has 3 rings (SSSR count). The van der Waals surface area contributed by atoms with E-state index in [1.807, 2.05) is 28.8 Å². The zero-order chi connectivity index (χ0) is 18.5. The van der Waals surface area contributed by atoms with E-state index in [1.54, 1.807) is 18.2 Å². The van der Waals surface area contributed by atoms with Gasteiger partial charge in [0.1, 0.15) is 5.76 Å². The van der Waals surface area contributed by atoms with Gasteiger partial charge in [0.2, 0.25) is 5.91 Å². The molecular weight excluding hydrogens is 348 g/mol. The van der Waals surface area contributed by atoms with E-state index in [4.69, 9.17) is 4.42 Å². The van der Waals surface area contributed by atoms with Gasteiger partial charge in [-0.15, -0.1) is 10.2 Å². The van der Waals surface area contributed by atoms with E-state index in [9.17, 15) is 4.79 Å². The summed E-state index contributed by atoms with van der Waals surface area (Å²) in [6.07, 6.45) is 1.61. The second-order valence-electron chi connectivity index (χ2n) is 6.04. The number of hydrogen-bond donors (Lipinski definition) is 0. The number of aromatic nitrogens is 3. The number of hydrogen-bond acceptors (Lipinski definition) is 5. The second kappa shape index (κ2) is 8.23. The van der Waals surface area contributed by atoms with Gasteiger partial charge in [0, 0.05) is 19.2 Å². The Morgan fingerprint density at radius 3 is 2.81 bits per heavy atom. The fourth-order valence-electron chi connectivity index (χ4n) is 2.64. The summed E-state index contributed by atoms with van der Waals surface area (Å²) in [6.45, 7) is 5.31. The van der Waals surface area contributed by atoms with Gasteiger partial charge >= 0.3 is 0 Å². The van der Waals surface area contributed by atoms with Crippen LogP contribution in [0.5, 0.6) is 0 Å². The van der Waals surface area contributed by atoms with E-state index in [0.29, 0.717) is 12.3 Å². The van der Waals surface area contributed by atoms with Crippen LogP contribution in [0.3, 0.4) is 0 Å². The maximum atomic E-state index is 12.4. The first-order valence-corrected chi connectivity index (χ1v) is 9.46. The smallest absolute Gasteiger partial charge is 0.233 e. The Balaban J connectivity index is 1.67. The molecule has 7 heteroatoms. The molecule has 136 valence electrons. The third-order valence-corrected chi connectivity index (χ3v) is 4.98. The fourth-order valence-corrected chi connectivity index (χ4v) is 3.58. The molecule has 1 aromatic carbocycles. The first kappa shape index (κ1) is 18.3. The van der Waals surface area contributed by atoms with E-state index >= 15 is 0 Å². The molecular formula is C19H22N4O2S. The topological polar surface area (TPSA) is 64.2 Å². The van der Waals surface area contributed by atoms with Gasteiger partial charge in [-0.3, -0.25) is 4.79 Å². The van der Waals surface area contributed by atoms with Crippen molar-refractivity contribution >= 4 is 17.7 Å². The Morgan fingerprint density at radius 2 is 2.12 bits per heavy atom. The number of carbonyl (C=O) groups is 1. The van der Waals surface area contributed by atoms with Crippen molar-refractivity contribution in [1.29, 1.82) is 0 Å². The lowest BCUT2D eigenvalue weighted by molar-refractivity contribution is -0.127. The first-order chi connectivity index (χ1) is 12.6. The van der Waals surface area contributed by atoms with Gasteiger partial charge in [-0.2, -0.15) is 0 Å². The van der Waals surface area contributed by atoms with Crippen LogP contribution in [0, 0.1) is 6.92 Å². The third-order valence-electron chi connectivity index (χ3n) is 4.03. The first-order valence-electron chi connectivity index (χ1n) is 8.48. The molecule has 6 nitrogen and oxygen atoms in total. The Labute approximate surface area is 157 Å². The SMILES string of the molecule is CCn1c(SCC(=O)N(C)Cc2ccco2)nnc1-c1cccc(C)c1. The number of carbonyl (C=O) groups excluding carboxylic acids is 1. The molecule has 0 radical (unpaired) electrons. The lowest BCUT2D eigenvalue weighted by atomic mass is 10.1. The van der Waals surface area contributed by atoms with Crippen LogP contribution in [0.15, 0.2) is 52.2 Å². The molecule has 1 amide bonds. The van der Waals surface area contributed by atoms with Crippen molar-refractivity contribution < 1.29 is 9.21 Å². The van der Waals surface area contributed by atoms with Crippen molar-refractivity contribution in [2.75, 3.05) is 12.8 Å². The number of nitrogens with zero attached hydrogens (tertiary/aromatic N) is 4. The highest BCUT2D eigenvalue weighted by atomic mass is 32.2. The maximum absolute atomic E-state index is 12.4. The summed E-state index contributed by atoms with van der Waals surface area (Å²) in [5, 5.41) is 9.37. The molecule has 3 aromatic rings. The van der Waals surface area contributed by atoms with E-state index in [-0.39, 0.29) is 5.91 Å². The molecule has 0 N–H and O–H groups in total. The molecule has 2 aromatic heterocycles. The molecule has 26 heavy (non-hydrogen) atoms. The van der Waals surface area contributed by atoms with Crippen molar-refractivity contribution in [2.45, 2.75) is 32.1 Å². The molecule has 0 bridgehead atoms. The highest BCUT2D eigenvalue weighted by molar-refractivity contribution is 7.99. The minimum absolute atomic E-state index is 0.0224. The molecule has 2 heterocycles. The van der Waals surface area contributed by atoms with Gasteiger partial charge < -0.3 is 13.9 Å². The summed E-state index contributed by atoms with van der Waals surface area (Å²) in [4.78, 5) is 14.0. The zero-order valence-electron chi connectivity index (χ0n) is 15.2. The Morgan fingerprint density at radius 1 is 1.27 bits per heavy atom. The molecule has 0 atom stereocenters. The molecule has 0 unspecified atom stereocenters. The summed E-state index contributed by atoms with van der Waals surface area (Å²) in [5.41, 5.74) is 2.21. The molecule has 0 aliphatic carbocycles. The Bertz CT molecular complexity index is 874. The van der Waals surface area contributed by atoms with Crippen molar-refractivity contribution in [3.63, 3.8) is 0 Å². The van der Waals surface area contributed by atoms with Gasteiger partial charge in [0.15, 0.2) is 11.0 Å². The van der Waals surface area contributed by atoms with Gasteiger partial charge in [0.05, 0.1) is 18.6 Å². The van der Waals surface area contributed by atoms with E-state index in [2.05, 4.69) is 36.2 Å². The molecule has 0 saturated carbocycles. The van der Waals surface area contributed by atoms with Crippen LogP contribution in [-0.4, -0.2) is 38.4 Å².